The number of aromatic nitrogens is 1. The number of anilines is 2. The highest BCUT2D eigenvalue weighted by atomic mass is 32.2. The number of thiazole rings is 1. The maximum Gasteiger partial charge on any atom is 0.242 e. The molecule has 0 fully saturated rings. The Morgan fingerprint density at radius 2 is 1.67 bits per heavy atom. The van der Waals surface area contributed by atoms with Crippen LogP contribution in [0.1, 0.15) is 0 Å². The Hall–Kier alpha value is -2.22. The molecule has 1 aromatic heterocycles. The third-order valence-electron chi connectivity index (χ3n) is 3.46. The van der Waals surface area contributed by atoms with E-state index < -0.39 is 10.0 Å². The zero-order chi connectivity index (χ0) is 17.2. The van der Waals surface area contributed by atoms with Crippen molar-refractivity contribution < 1.29 is 8.42 Å². The fourth-order valence-electron chi connectivity index (χ4n) is 2.12. The second-order valence-electron chi connectivity index (χ2n) is 5.34. The first-order valence-corrected chi connectivity index (χ1v) is 9.59. The summed E-state index contributed by atoms with van der Waals surface area (Å²) in [6.07, 6.45) is 0. The van der Waals surface area contributed by atoms with Crippen LogP contribution in [0.25, 0.3) is 11.3 Å². The molecule has 5 nitrogen and oxygen atoms in total. The molecule has 24 heavy (non-hydrogen) atoms. The van der Waals surface area contributed by atoms with Crippen molar-refractivity contribution in [3.63, 3.8) is 0 Å². The lowest BCUT2D eigenvalue weighted by molar-refractivity contribution is 0.521. The van der Waals surface area contributed by atoms with Crippen LogP contribution in [0.4, 0.5) is 10.8 Å². The summed E-state index contributed by atoms with van der Waals surface area (Å²) in [4.78, 5) is 4.82. The first kappa shape index (κ1) is 16.6. The van der Waals surface area contributed by atoms with Crippen LogP contribution in [0.2, 0.25) is 0 Å². The van der Waals surface area contributed by atoms with Gasteiger partial charge in [0.05, 0.1) is 10.6 Å². The van der Waals surface area contributed by atoms with Gasteiger partial charge < -0.3 is 5.32 Å². The smallest absolute Gasteiger partial charge is 0.242 e. The Bertz CT molecular complexity index is 918. The molecule has 2 aromatic carbocycles. The van der Waals surface area contributed by atoms with E-state index in [9.17, 15) is 8.42 Å². The molecule has 0 aliphatic rings. The highest BCUT2D eigenvalue weighted by Crippen LogP contribution is 2.27. The molecule has 3 aromatic rings. The van der Waals surface area contributed by atoms with Crippen LogP contribution in [-0.2, 0) is 10.0 Å². The molecule has 0 saturated carbocycles. The molecule has 0 aliphatic heterocycles. The third kappa shape index (κ3) is 3.48. The van der Waals surface area contributed by atoms with Gasteiger partial charge in [-0.15, -0.1) is 11.3 Å². The predicted molar refractivity (Wildman–Crippen MR) is 98.1 cm³/mol. The molecule has 0 aliphatic carbocycles. The van der Waals surface area contributed by atoms with Gasteiger partial charge in [-0.2, -0.15) is 0 Å². The summed E-state index contributed by atoms with van der Waals surface area (Å²) in [7, 11) is -0.374. The lowest BCUT2D eigenvalue weighted by Crippen LogP contribution is -2.22. The van der Waals surface area contributed by atoms with Crippen LogP contribution < -0.4 is 5.32 Å². The third-order valence-corrected chi connectivity index (χ3v) is 6.04. The predicted octanol–water partition coefficient (Wildman–Crippen LogP) is 3.80. The molecule has 1 heterocycles. The van der Waals surface area contributed by atoms with Crippen molar-refractivity contribution in [2.24, 2.45) is 0 Å². The van der Waals surface area contributed by atoms with Gasteiger partial charge in [0.15, 0.2) is 5.13 Å². The van der Waals surface area contributed by atoms with E-state index in [0.29, 0.717) is 0 Å². The number of nitrogens with zero attached hydrogens (tertiary/aromatic N) is 2. The molecular weight excluding hydrogens is 342 g/mol. The maximum atomic E-state index is 12.1. The van der Waals surface area contributed by atoms with Gasteiger partial charge in [-0.3, -0.25) is 0 Å². The number of nitrogens with one attached hydrogen (secondary N) is 1. The monoisotopic (exact) mass is 359 g/mol. The Kier molecular flexibility index (Phi) is 4.66. The largest absolute Gasteiger partial charge is 0.332 e. The average molecular weight is 359 g/mol. The summed E-state index contributed by atoms with van der Waals surface area (Å²) in [5, 5.41) is 5.95. The van der Waals surface area contributed by atoms with Gasteiger partial charge in [-0.1, -0.05) is 30.3 Å². The van der Waals surface area contributed by atoms with E-state index in [1.165, 1.54) is 29.7 Å². The van der Waals surface area contributed by atoms with Crippen molar-refractivity contribution >= 4 is 32.2 Å². The second-order valence-corrected chi connectivity index (χ2v) is 8.35. The minimum atomic E-state index is -3.41. The topological polar surface area (TPSA) is 62.3 Å². The summed E-state index contributed by atoms with van der Waals surface area (Å²) in [5.41, 5.74) is 2.77. The molecule has 0 unspecified atom stereocenters. The lowest BCUT2D eigenvalue weighted by Gasteiger charge is -2.11. The molecule has 0 atom stereocenters. The van der Waals surface area contributed by atoms with Crippen LogP contribution in [0, 0.1) is 0 Å². The molecule has 3 rings (SSSR count). The fourth-order valence-corrected chi connectivity index (χ4v) is 3.76. The number of benzene rings is 2. The van der Waals surface area contributed by atoms with Gasteiger partial charge >= 0.3 is 0 Å². The van der Waals surface area contributed by atoms with Crippen molar-refractivity contribution in [3.8, 4) is 11.3 Å². The van der Waals surface area contributed by atoms with Crippen molar-refractivity contribution in [1.82, 2.24) is 9.29 Å². The zero-order valence-corrected chi connectivity index (χ0v) is 14.9. The van der Waals surface area contributed by atoms with Gasteiger partial charge in [0.1, 0.15) is 0 Å². The Morgan fingerprint density at radius 3 is 2.29 bits per heavy atom. The standard InChI is InChI=1S/C17H17N3O2S2/c1-20(2)24(21,22)15-10-8-14(9-11-15)18-17-19-16(12-23-17)13-6-4-3-5-7-13/h3-12H,1-2H3,(H,18,19). The van der Waals surface area contributed by atoms with Crippen LogP contribution in [0.5, 0.6) is 0 Å². The van der Waals surface area contributed by atoms with E-state index in [2.05, 4.69) is 10.3 Å². The molecule has 1 N–H and O–H groups in total. The minimum Gasteiger partial charge on any atom is -0.332 e. The highest BCUT2D eigenvalue weighted by Gasteiger charge is 2.16. The minimum absolute atomic E-state index is 0.266. The van der Waals surface area contributed by atoms with E-state index in [-0.39, 0.29) is 4.90 Å². The van der Waals surface area contributed by atoms with Crippen molar-refractivity contribution in [2.45, 2.75) is 4.90 Å². The Morgan fingerprint density at radius 1 is 1.00 bits per heavy atom. The van der Waals surface area contributed by atoms with Crippen LogP contribution in [-0.4, -0.2) is 31.8 Å². The first-order chi connectivity index (χ1) is 11.5. The molecule has 0 saturated heterocycles. The van der Waals surface area contributed by atoms with E-state index in [1.807, 2.05) is 35.7 Å². The summed E-state index contributed by atoms with van der Waals surface area (Å²) in [5.74, 6) is 0. The SMILES string of the molecule is CN(C)S(=O)(=O)c1ccc(Nc2nc(-c3ccccc3)cs2)cc1. The fraction of sp³-hybridized carbons (Fsp3) is 0.118. The van der Waals surface area contributed by atoms with E-state index in [1.54, 1.807) is 24.3 Å². The quantitative estimate of drug-likeness (QED) is 0.752. The van der Waals surface area contributed by atoms with Gasteiger partial charge in [-0.05, 0) is 24.3 Å². The van der Waals surface area contributed by atoms with Crippen molar-refractivity contribution in [1.29, 1.82) is 0 Å². The second kappa shape index (κ2) is 6.72. The lowest BCUT2D eigenvalue weighted by atomic mass is 10.2. The van der Waals surface area contributed by atoms with Crippen LogP contribution in [0.15, 0.2) is 64.9 Å². The van der Waals surface area contributed by atoms with Gasteiger partial charge in [0.2, 0.25) is 10.0 Å². The Labute approximate surface area is 145 Å². The summed E-state index contributed by atoms with van der Waals surface area (Å²) >= 11 is 1.51. The average Bonchev–Trinajstić information content (AvgIpc) is 3.04. The molecule has 124 valence electrons. The summed E-state index contributed by atoms with van der Waals surface area (Å²) < 4.78 is 25.3. The maximum absolute atomic E-state index is 12.1. The molecule has 7 heteroatoms. The number of hydrogen-bond acceptors (Lipinski definition) is 5. The number of sulfonamides is 1. The summed E-state index contributed by atoms with van der Waals surface area (Å²) in [6.45, 7) is 0. The molecule has 0 radical (unpaired) electrons. The number of rotatable bonds is 5. The normalized spacial score (nSPS) is 11.6. The van der Waals surface area contributed by atoms with Crippen LogP contribution >= 0.6 is 11.3 Å². The highest BCUT2D eigenvalue weighted by molar-refractivity contribution is 7.89. The van der Waals surface area contributed by atoms with E-state index >= 15 is 0 Å². The van der Waals surface area contributed by atoms with Gasteiger partial charge in [0.25, 0.3) is 0 Å². The van der Waals surface area contributed by atoms with Gasteiger partial charge in [0, 0.05) is 30.7 Å². The first-order valence-electron chi connectivity index (χ1n) is 7.27. The van der Waals surface area contributed by atoms with Crippen LogP contribution in [0.3, 0.4) is 0 Å². The van der Waals surface area contributed by atoms with Crippen molar-refractivity contribution in [3.05, 3.63) is 60.0 Å². The molecule has 0 amide bonds. The molecule has 0 bridgehead atoms. The van der Waals surface area contributed by atoms with E-state index in [4.69, 9.17) is 0 Å². The summed E-state index contributed by atoms with van der Waals surface area (Å²) in [6, 6.07) is 16.6. The van der Waals surface area contributed by atoms with Crippen molar-refractivity contribution in [2.75, 3.05) is 19.4 Å². The van der Waals surface area contributed by atoms with Gasteiger partial charge in [-0.25, -0.2) is 17.7 Å². The zero-order valence-electron chi connectivity index (χ0n) is 13.3. The Balaban J connectivity index is 1.77. The molecular formula is C17H17N3O2S2. The van der Waals surface area contributed by atoms with E-state index in [0.717, 1.165) is 22.1 Å². The number of hydrogen-bond donors (Lipinski definition) is 1. The molecule has 0 spiro atoms.